The van der Waals surface area contributed by atoms with Crippen LogP contribution in [0.2, 0.25) is 5.02 Å². The van der Waals surface area contributed by atoms with E-state index >= 15 is 0 Å². The molecule has 11 nitrogen and oxygen atoms in total. The summed E-state index contributed by atoms with van der Waals surface area (Å²) in [4.78, 5) is 45.0. The molecule has 0 aromatic heterocycles. The molecule has 0 radical (unpaired) electrons. The highest BCUT2D eigenvalue weighted by Gasteiger charge is 2.51. The van der Waals surface area contributed by atoms with Crippen molar-refractivity contribution < 1.29 is 43.0 Å². The molecular formula is C18H20ClNO10. The van der Waals surface area contributed by atoms with Crippen molar-refractivity contribution in [1.29, 1.82) is 0 Å². The molecule has 0 saturated carbocycles. The van der Waals surface area contributed by atoms with Crippen molar-refractivity contribution in [2.75, 3.05) is 0 Å². The Labute approximate surface area is 176 Å². The monoisotopic (exact) mass is 445 g/mol. The molecule has 0 bridgehead atoms. The first kappa shape index (κ1) is 23.4. The van der Waals surface area contributed by atoms with E-state index in [0.29, 0.717) is 0 Å². The van der Waals surface area contributed by atoms with Crippen LogP contribution in [0.4, 0.5) is 5.69 Å². The molecule has 0 spiro atoms. The van der Waals surface area contributed by atoms with Crippen molar-refractivity contribution in [2.24, 2.45) is 0 Å². The second kappa shape index (κ2) is 9.72. The van der Waals surface area contributed by atoms with Gasteiger partial charge in [0.1, 0.15) is 5.75 Å². The number of non-ortho nitro benzene ring substituents is 1. The summed E-state index contributed by atoms with van der Waals surface area (Å²) in [7, 11) is 0. The lowest BCUT2D eigenvalue weighted by atomic mass is 9.99. The molecule has 5 atom stereocenters. The van der Waals surface area contributed by atoms with Crippen LogP contribution in [0.3, 0.4) is 0 Å². The molecule has 1 aromatic rings. The maximum Gasteiger partial charge on any atom is 0.303 e. The normalized spacial score (nSPS) is 25.7. The van der Waals surface area contributed by atoms with Gasteiger partial charge in [-0.1, -0.05) is 11.6 Å². The Hall–Kier alpha value is -2.92. The number of hydrogen-bond acceptors (Lipinski definition) is 10. The smallest absolute Gasteiger partial charge is 0.303 e. The standard InChI is InChI=1S/C18H20ClNO10/c1-8-15(27-9(2)21)16(28-10(3)22)17(29-11(4)23)18(26-8)30-14-6-5-12(20(24)25)7-13(14)19/h5-8,15-18H,1-4H3/t8-,15+,16+,17-,18-/m0/s1. The highest BCUT2D eigenvalue weighted by atomic mass is 35.5. The molecule has 30 heavy (non-hydrogen) atoms. The fraction of sp³-hybridized carbons (Fsp3) is 0.500. The second-order valence-electron chi connectivity index (χ2n) is 6.42. The van der Waals surface area contributed by atoms with Crippen LogP contribution >= 0.6 is 11.6 Å². The molecule has 12 heteroatoms. The minimum atomic E-state index is -1.32. The maximum atomic E-state index is 11.7. The van der Waals surface area contributed by atoms with Gasteiger partial charge in [0.15, 0.2) is 12.2 Å². The molecule has 1 saturated heterocycles. The third-order valence-electron chi connectivity index (χ3n) is 4.00. The fourth-order valence-electron chi connectivity index (χ4n) is 2.89. The van der Waals surface area contributed by atoms with Gasteiger partial charge >= 0.3 is 17.9 Å². The zero-order valence-electron chi connectivity index (χ0n) is 16.5. The number of rotatable bonds is 6. The Bertz CT molecular complexity index is 844. The van der Waals surface area contributed by atoms with E-state index in [4.69, 9.17) is 35.3 Å². The van der Waals surface area contributed by atoms with Gasteiger partial charge in [-0.15, -0.1) is 0 Å². The van der Waals surface area contributed by atoms with E-state index in [0.717, 1.165) is 26.8 Å². The SMILES string of the molecule is CC(=O)O[C@H]1[C@H](OC(C)=O)[C@H](Oc2ccc([N+](=O)[O-])cc2Cl)O[C@@H](C)[C@H]1OC(C)=O. The summed E-state index contributed by atoms with van der Waals surface area (Å²) in [5.74, 6) is -2.10. The van der Waals surface area contributed by atoms with E-state index in [1.54, 1.807) is 6.92 Å². The summed E-state index contributed by atoms with van der Waals surface area (Å²) >= 11 is 6.05. The second-order valence-corrected chi connectivity index (χ2v) is 6.83. The fourth-order valence-corrected chi connectivity index (χ4v) is 3.11. The van der Waals surface area contributed by atoms with Crippen LogP contribution < -0.4 is 4.74 Å². The summed E-state index contributed by atoms with van der Waals surface area (Å²) < 4.78 is 27.1. The highest BCUT2D eigenvalue weighted by molar-refractivity contribution is 6.32. The molecule has 1 aliphatic rings. The van der Waals surface area contributed by atoms with Crippen LogP contribution in [-0.4, -0.2) is 53.5 Å². The van der Waals surface area contributed by atoms with Gasteiger partial charge in [0, 0.05) is 32.9 Å². The number of halogens is 1. The largest absolute Gasteiger partial charge is 0.459 e. The first-order chi connectivity index (χ1) is 14.0. The van der Waals surface area contributed by atoms with Gasteiger partial charge in [-0.2, -0.15) is 0 Å². The first-order valence-corrected chi connectivity index (χ1v) is 9.15. The number of carbonyl (C=O) groups is 3. The minimum absolute atomic E-state index is 0.00382. The van der Waals surface area contributed by atoms with Gasteiger partial charge in [0.25, 0.3) is 5.69 Å². The zero-order chi connectivity index (χ0) is 22.6. The van der Waals surface area contributed by atoms with Gasteiger partial charge in [-0.3, -0.25) is 24.5 Å². The average Bonchev–Trinajstić information content (AvgIpc) is 2.61. The molecule has 1 aliphatic heterocycles. The van der Waals surface area contributed by atoms with Crippen LogP contribution in [-0.2, 0) is 33.3 Å². The molecule has 2 rings (SSSR count). The quantitative estimate of drug-likeness (QED) is 0.277. The van der Waals surface area contributed by atoms with Crippen LogP contribution in [0, 0.1) is 10.1 Å². The van der Waals surface area contributed by atoms with E-state index < -0.39 is 53.5 Å². The predicted octanol–water partition coefficient (Wildman–Crippen LogP) is 2.17. The summed E-state index contributed by atoms with van der Waals surface area (Å²) in [6, 6.07) is 3.49. The van der Waals surface area contributed by atoms with Crippen molar-refractivity contribution >= 4 is 35.2 Å². The van der Waals surface area contributed by atoms with E-state index in [9.17, 15) is 24.5 Å². The molecule has 1 heterocycles. The number of nitro groups is 1. The average molecular weight is 446 g/mol. The summed E-state index contributed by atoms with van der Waals surface area (Å²) in [6.45, 7) is 4.97. The van der Waals surface area contributed by atoms with Crippen LogP contribution in [0.1, 0.15) is 27.7 Å². The number of carbonyl (C=O) groups excluding carboxylic acids is 3. The van der Waals surface area contributed by atoms with Gasteiger partial charge in [-0.25, -0.2) is 0 Å². The number of nitrogens with zero attached hydrogens (tertiary/aromatic N) is 1. The summed E-state index contributed by atoms with van der Waals surface area (Å²) in [5.41, 5.74) is -0.255. The molecule has 164 valence electrons. The van der Waals surface area contributed by atoms with Crippen molar-refractivity contribution in [1.82, 2.24) is 0 Å². The van der Waals surface area contributed by atoms with E-state index in [1.807, 2.05) is 0 Å². The van der Waals surface area contributed by atoms with Crippen molar-refractivity contribution in [3.05, 3.63) is 33.3 Å². The lowest BCUT2D eigenvalue weighted by molar-refractivity contribution is -0.384. The van der Waals surface area contributed by atoms with Crippen LogP contribution in [0.5, 0.6) is 5.75 Å². The van der Waals surface area contributed by atoms with Gasteiger partial charge in [0.2, 0.25) is 12.4 Å². The predicted molar refractivity (Wildman–Crippen MR) is 99.7 cm³/mol. The number of benzene rings is 1. The molecule has 0 aliphatic carbocycles. The lowest BCUT2D eigenvalue weighted by Crippen LogP contribution is -2.62. The minimum Gasteiger partial charge on any atom is -0.459 e. The molecule has 1 aromatic carbocycles. The van der Waals surface area contributed by atoms with Crippen molar-refractivity contribution in [3.8, 4) is 5.75 Å². The Kier molecular flexibility index (Phi) is 7.57. The number of ether oxygens (including phenoxy) is 5. The van der Waals surface area contributed by atoms with Gasteiger partial charge < -0.3 is 23.7 Å². The number of hydrogen-bond donors (Lipinski definition) is 0. The van der Waals surface area contributed by atoms with Gasteiger partial charge in [0.05, 0.1) is 16.0 Å². The maximum absolute atomic E-state index is 11.7. The Morgan fingerprint density at radius 3 is 2.03 bits per heavy atom. The Morgan fingerprint density at radius 2 is 1.53 bits per heavy atom. The summed E-state index contributed by atoms with van der Waals surface area (Å²) in [6.07, 6.45) is -5.78. The molecular weight excluding hydrogens is 426 g/mol. The first-order valence-electron chi connectivity index (χ1n) is 8.77. The van der Waals surface area contributed by atoms with Crippen molar-refractivity contribution in [2.45, 2.75) is 58.4 Å². The van der Waals surface area contributed by atoms with E-state index in [-0.39, 0.29) is 16.5 Å². The Morgan fingerprint density at radius 1 is 1.00 bits per heavy atom. The van der Waals surface area contributed by atoms with Crippen molar-refractivity contribution in [3.63, 3.8) is 0 Å². The molecule has 1 fully saturated rings. The third kappa shape index (κ3) is 5.80. The molecule has 0 N–H and O–H groups in total. The number of esters is 3. The van der Waals surface area contributed by atoms with Crippen LogP contribution in [0.15, 0.2) is 18.2 Å². The number of nitro benzene ring substituents is 1. The highest BCUT2D eigenvalue weighted by Crippen LogP contribution is 2.34. The molecule has 0 unspecified atom stereocenters. The summed E-state index contributed by atoms with van der Waals surface area (Å²) in [5, 5.41) is 10.8. The van der Waals surface area contributed by atoms with Gasteiger partial charge in [-0.05, 0) is 13.0 Å². The molecule has 0 amide bonds. The topological polar surface area (TPSA) is 140 Å². The zero-order valence-corrected chi connectivity index (χ0v) is 17.3. The lowest BCUT2D eigenvalue weighted by Gasteiger charge is -2.43. The third-order valence-corrected chi connectivity index (χ3v) is 4.30. The van der Waals surface area contributed by atoms with Crippen LogP contribution in [0.25, 0.3) is 0 Å². The van der Waals surface area contributed by atoms with E-state index in [1.165, 1.54) is 12.1 Å². The van der Waals surface area contributed by atoms with E-state index in [2.05, 4.69) is 0 Å². The Balaban J connectivity index is 2.39.